The van der Waals surface area contributed by atoms with Crippen molar-refractivity contribution < 1.29 is 8.81 Å². The van der Waals surface area contributed by atoms with Gasteiger partial charge in [-0.25, -0.2) is 14.4 Å². The van der Waals surface area contributed by atoms with Gasteiger partial charge in [-0.3, -0.25) is 0 Å². The molecular weight excluding hydrogens is 207 g/mol. The normalized spacial score (nSPS) is 11.4. The molecule has 0 aliphatic carbocycles. The van der Waals surface area contributed by atoms with Crippen LogP contribution in [0.4, 0.5) is 4.39 Å². The van der Waals surface area contributed by atoms with E-state index in [9.17, 15) is 4.39 Å². The molecule has 4 heteroatoms. The number of aromatic nitrogens is 2. The Balaban J connectivity index is 2.58. The molecule has 3 nitrogen and oxygen atoms in total. The number of fused-ring (bicyclic) bond motifs is 2. The van der Waals surface area contributed by atoms with Crippen molar-refractivity contribution in [2.75, 3.05) is 0 Å². The Morgan fingerprint density at radius 1 is 1.06 bits per heavy atom. The molecule has 2 heterocycles. The maximum absolute atomic E-state index is 13.5. The summed E-state index contributed by atoms with van der Waals surface area (Å²) < 4.78 is 18.6. The molecule has 0 aliphatic rings. The topological polar surface area (TPSA) is 38.9 Å². The average Bonchev–Trinajstić information content (AvgIpc) is 2.71. The first-order valence-electron chi connectivity index (χ1n) is 4.96. The predicted octanol–water partition coefficient (Wildman–Crippen LogP) is 3.13. The van der Waals surface area contributed by atoms with Crippen molar-refractivity contribution in [2.24, 2.45) is 0 Å². The zero-order valence-corrected chi connectivity index (χ0v) is 8.91. The van der Waals surface area contributed by atoms with Crippen molar-refractivity contribution in [3.8, 4) is 0 Å². The second-order valence-corrected chi connectivity index (χ2v) is 3.86. The molecule has 80 valence electrons. The first kappa shape index (κ1) is 9.27. The summed E-state index contributed by atoms with van der Waals surface area (Å²) in [5.41, 5.74) is 3.99. The molecule has 1 aromatic carbocycles. The van der Waals surface area contributed by atoms with E-state index in [0.717, 1.165) is 11.1 Å². The molecule has 0 amide bonds. The monoisotopic (exact) mass is 216 g/mol. The first-order valence-corrected chi connectivity index (χ1v) is 4.96. The van der Waals surface area contributed by atoms with Crippen LogP contribution in [0.3, 0.4) is 0 Å². The fraction of sp³-hybridized carbons (Fsp3) is 0.167. The molecule has 0 atom stereocenters. The van der Waals surface area contributed by atoms with E-state index >= 15 is 0 Å². The Labute approximate surface area is 90.9 Å². The van der Waals surface area contributed by atoms with Crippen molar-refractivity contribution in [2.45, 2.75) is 13.8 Å². The van der Waals surface area contributed by atoms with Gasteiger partial charge in [0.2, 0.25) is 0 Å². The Morgan fingerprint density at radius 2 is 1.69 bits per heavy atom. The van der Waals surface area contributed by atoms with Crippen molar-refractivity contribution in [1.29, 1.82) is 0 Å². The van der Waals surface area contributed by atoms with E-state index in [-0.39, 0.29) is 5.82 Å². The summed E-state index contributed by atoms with van der Waals surface area (Å²) >= 11 is 0. The highest BCUT2D eigenvalue weighted by Crippen LogP contribution is 2.24. The molecule has 0 N–H and O–H groups in total. The number of hydrogen-bond donors (Lipinski definition) is 0. The Morgan fingerprint density at radius 3 is 2.38 bits per heavy atom. The minimum Gasteiger partial charge on any atom is -0.468 e. The molecule has 0 saturated carbocycles. The SMILES string of the molecule is Cc1cc(F)c(C)c2nc3cocc3nc12. The van der Waals surface area contributed by atoms with Gasteiger partial charge in [0.15, 0.2) is 0 Å². The Kier molecular flexibility index (Phi) is 1.74. The van der Waals surface area contributed by atoms with Crippen molar-refractivity contribution in [1.82, 2.24) is 9.97 Å². The third-order valence-electron chi connectivity index (χ3n) is 2.74. The number of rotatable bonds is 0. The number of nitrogens with zero attached hydrogens (tertiary/aromatic N) is 2. The molecule has 3 aromatic rings. The third kappa shape index (κ3) is 1.13. The van der Waals surface area contributed by atoms with Crippen molar-refractivity contribution in [3.05, 3.63) is 35.5 Å². The van der Waals surface area contributed by atoms with Crippen LogP contribution in [-0.2, 0) is 0 Å². The first-order chi connectivity index (χ1) is 7.66. The molecule has 0 fully saturated rings. The molecule has 0 bridgehead atoms. The molecule has 0 saturated heterocycles. The van der Waals surface area contributed by atoms with E-state index < -0.39 is 0 Å². The molecule has 0 radical (unpaired) electrons. The summed E-state index contributed by atoms with van der Waals surface area (Å²) in [6, 6.07) is 1.48. The lowest BCUT2D eigenvalue weighted by molar-refractivity contribution is 0.571. The molecule has 0 aliphatic heterocycles. The zero-order valence-electron chi connectivity index (χ0n) is 8.91. The van der Waals surface area contributed by atoms with Gasteiger partial charge in [-0.15, -0.1) is 0 Å². The Hall–Kier alpha value is -1.97. The van der Waals surface area contributed by atoms with Gasteiger partial charge in [0.25, 0.3) is 0 Å². The smallest absolute Gasteiger partial charge is 0.128 e. The lowest BCUT2D eigenvalue weighted by atomic mass is 10.1. The number of halogens is 1. The summed E-state index contributed by atoms with van der Waals surface area (Å²) in [5, 5.41) is 0. The van der Waals surface area contributed by atoms with Gasteiger partial charge in [-0.2, -0.15) is 0 Å². The fourth-order valence-electron chi connectivity index (χ4n) is 1.81. The van der Waals surface area contributed by atoms with Crippen LogP contribution in [0.1, 0.15) is 11.1 Å². The maximum Gasteiger partial charge on any atom is 0.128 e. The summed E-state index contributed by atoms with van der Waals surface area (Å²) in [7, 11) is 0. The van der Waals surface area contributed by atoms with Crippen LogP contribution in [0.2, 0.25) is 0 Å². The highest BCUT2D eigenvalue weighted by Gasteiger charge is 2.11. The minimum atomic E-state index is -0.248. The lowest BCUT2D eigenvalue weighted by Gasteiger charge is -2.05. The van der Waals surface area contributed by atoms with E-state index in [1.165, 1.54) is 12.3 Å². The van der Waals surface area contributed by atoms with Crippen LogP contribution in [-0.4, -0.2) is 9.97 Å². The number of hydrogen-bond acceptors (Lipinski definition) is 3. The third-order valence-corrected chi connectivity index (χ3v) is 2.74. The van der Waals surface area contributed by atoms with E-state index in [4.69, 9.17) is 4.42 Å². The van der Waals surface area contributed by atoms with E-state index in [0.29, 0.717) is 22.1 Å². The van der Waals surface area contributed by atoms with Crippen molar-refractivity contribution in [3.63, 3.8) is 0 Å². The summed E-state index contributed by atoms with van der Waals surface area (Å²) in [6.07, 6.45) is 3.06. The van der Waals surface area contributed by atoms with Crippen LogP contribution >= 0.6 is 0 Å². The standard InChI is InChI=1S/C12H9FN2O/c1-6-3-8(13)7(2)12-11(6)14-9-4-16-5-10(9)15-12/h3-5H,1-2H3. The second kappa shape index (κ2) is 3.01. The molecule has 0 unspecified atom stereocenters. The van der Waals surface area contributed by atoms with Gasteiger partial charge in [0.1, 0.15) is 29.4 Å². The number of furan rings is 1. The quantitative estimate of drug-likeness (QED) is 0.579. The zero-order chi connectivity index (χ0) is 11.3. The predicted molar refractivity (Wildman–Crippen MR) is 58.7 cm³/mol. The van der Waals surface area contributed by atoms with Crippen LogP contribution in [0.25, 0.3) is 22.1 Å². The second-order valence-electron chi connectivity index (χ2n) is 3.86. The van der Waals surface area contributed by atoms with Gasteiger partial charge < -0.3 is 4.42 Å². The van der Waals surface area contributed by atoms with E-state index in [2.05, 4.69) is 9.97 Å². The van der Waals surface area contributed by atoms with Crippen LogP contribution in [0, 0.1) is 19.7 Å². The number of benzene rings is 1. The number of aryl methyl sites for hydroxylation is 2. The van der Waals surface area contributed by atoms with Crippen LogP contribution in [0.5, 0.6) is 0 Å². The molecular formula is C12H9FN2O. The van der Waals surface area contributed by atoms with Crippen molar-refractivity contribution >= 4 is 22.1 Å². The molecule has 16 heavy (non-hydrogen) atoms. The van der Waals surface area contributed by atoms with Crippen LogP contribution < -0.4 is 0 Å². The molecule has 2 aromatic heterocycles. The highest BCUT2D eigenvalue weighted by molar-refractivity contribution is 5.89. The van der Waals surface area contributed by atoms with E-state index in [1.54, 1.807) is 13.2 Å². The van der Waals surface area contributed by atoms with Crippen LogP contribution in [0.15, 0.2) is 23.0 Å². The Bertz CT molecular complexity index is 703. The summed E-state index contributed by atoms with van der Waals surface area (Å²) in [5.74, 6) is -0.248. The van der Waals surface area contributed by atoms with Gasteiger partial charge >= 0.3 is 0 Å². The molecule has 3 rings (SSSR count). The van der Waals surface area contributed by atoms with Gasteiger partial charge in [0, 0.05) is 5.56 Å². The van der Waals surface area contributed by atoms with E-state index in [1.807, 2.05) is 6.92 Å². The minimum absolute atomic E-state index is 0.248. The van der Waals surface area contributed by atoms with Gasteiger partial charge in [-0.05, 0) is 25.5 Å². The summed E-state index contributed by atoms with van der Waals surface area (Å²) in [4.78, 5) is 8.78. The van der Waals surface area contributed by atoms with Gasteiger partial charge in [-0.1, -0.05) is 0 Å². The summed E-state index contributed by atoms with van der Waals surface area (Å²) in [6.45, 7) is 3.53. The maximum atomic E-state index is 13.5. The average molecular weight is 216 g/mol. The van der Waals surface area contributed by atoms with Gasteiger partial charge in [0.05, 0.1) is 11.0 Å². The highest BCUT2D eigenvalue weighted by atomic mass is 19.1. The fourth-order valence-corrected chi connectivity index (χ4v) is 1.81. The molecule has 0 spiro atoms. The largest absolute Gasteiger partial charge is 0.468 e. The lowest BCUT2D eigenvalue weighted by Crippen LogP contribution is -1.94.